The number of hydrogen-bond acceptors (Lipinski definition) is 5. The zero-order chi connectivity index (χ0) is 22.6. The maximum absolute atomic E-state index is 13.2. The van der Waals surface area contributed by atoms with Crippen molar-refractivity contribution in [3.63, 3.8) is 0 Å². The monoisotopic (exact) mass is 458 g/mol. The normalized spacial score (nSPS) is 19.5. The van der Waals surface area contributed by atoms with Crippen LogP contribution >= 0.6 is 0 Å². The van der Waals surface area contributed by atoms with Gasteiger partial charge in [-0.3, -0.25) is 4.79 Å². The first kappa shape index (κ1) is 22.6. The Morgan fingerprint density at radius 1 is 1.03 bits per heavy atom. The van der Waals surface area contributed by atoms with Crippen molar-refractivity contribution in [3.05, 3.63) is 60.2 Å². The molecule has 32 heavy (non-hydrogen) atoms. The average molecular weight is 459 g/mol. The van der Waals surface area contributed by atoms with Crippen LogP contribution in [0.1, 0.15) is 25.3 Å². The lowest BCUT2D eigenvalue weighted by molar-refractivity contribution is -0.138. The van der Waals surface area contributed by atoms with Crippen molar-refractivity contribution in [1.82, 2.24) is 9.21 Å². The van der Waals surface area contributed by atoms with Gasteiger partial charge in [0.15, 0.2) is 17.6 Å². The van der Waals surface area contributed by atoms with Crippen molar-refractivity contribution in [2.45, 2.75) is 31.6 Å². The minimum atomic E-state index is -3.39. The van der Waals surface area contributed by atoms with E-state index in [0.717, 1.165) is 11.3 Å². The fourth-order valence-corrected chi connectivity index (χ4v) is 5.85. The molecule has 0 N–H and O–H groups in total. The van der Waals surface area contributed by atoms with Crippen LogP contribution in [0.5, 0.6) is 11.5 Å². The van der Waals surface area contributed by atoms with Crippen molar-refractivity contribution in [2.24, 2.45) is 5.92 Å². The number of nitrogens with zero attached hydrogens (tertiary/aromatic N) is 2. The van der Waals surface area contributed by atoms with Gasteiger partial charge in [-0.25, -0.2) is 12.7 Å². The Balaban J connectivity index is 1.31. The van der Waals surface area contributed by atoms with E-state index in [2.05, 4.69) is 0 Å². The molecule has 2 aromatic rings. The molecule has 0 bridgehead atoms. The summed E-state index contributed by atoms with van der Waals surface area (Å²) in [6, 6.07) is 16.7. The Labute approximate surface area is 190 Å². The molecule has 0 radical (unpaired) electrons. The van der Waals surface area contributed by atoms with Crippen LogP contribution in [0.15, 0.2) is 54.6 Å². The van der Waals surface area contributed by atoms with E-state index in [1.165, 1.54) is 4.31 Å². The summed E-state index contributed by atoms with van der Waals surface area (Å²) in [6.07, 6.45) is 0.850. The summed E-state index contributed by atoms with van der Waals surface area (Å²) in [5, 5.41) is 0. The molecule has 0 spiro atoms. The summed E-state index contributed by atoms with van der Waals surface area (Å²) < 4.78 is 38.9. The van der Waals surface area contributed by atoms with Crippen LogP contribution in [-0.4, -0.2) is 62.4 Å². The molecule has 0 aliphatic carbocycles. The number of ether oxygens (including phenoxy) is 2. The molecule has 1 amide bonds. The Kier molecular flexibility index (Phi) is 7.01. The molecule has 172 valence electrons. The van der Waals surface area contributed by atoms with Gasteiger partial charge >= 0.3 is 0 Å². The lowest BCUT2D eigenvalue weighted by Gasteiger charge is -2.35. The van der Waals surface area contributed by atoms with E-state index in [-0.39, 0.29) is 23.7 Å². The quantitative estimate of drug-likeness (QED) is 0.638. The maximum atomic E-state index is 13.2. The smallest absolute Gasteiger partial charge is 0.225 e. The van der Waals surface area contributed by atoms with Crippen LogP contribution in [0.4, 0.5) is 0 Å². The van der Waals surface area contributed by atoms with Gasteiger partial charge in [0, 0.05) is 25.6 Å². The van der Waals surface area contributed by atoms with E-state index in [0.29, 0.717) is 51.4 Å². The zero-order valence-electron chi connectivity index (χ0n) is 18.4. The minimum absolute atomic E-state index is 0.00592. The van der Waals surface area contributed by atoms with Gasteiger partial charge < -0.3 is 14.4 Å². The highest BCUT2D eigenvalue weighted by atomic mass is 32.2. The third-order valence-electron chi connectivity index (χ3n) is 6.07. The summed E-state index contributed by atoms with van der Waals surface area (Å²) in [5.41, 5.74) is 0.777. The van der Waals surface area contributed by atoms with Crippen LogP contribution < -0.4 is 9.47 Å². The van der Waals surface area contributed by atoms with Gasteiger partial charge in [0.25, 0.3) is 0 Å². The first-order valence-electron chi connectivity index (χ1n) is 11.2. The largest absolute Gasteiger partial charge is 0.486 e. The van der Waals surface area contributed by atoms with Crippen LogP contribution in [0.25, 0.3) is 0 Å². The molecular formula is C24H30N2O5S. The third kappa shape index (κ3) is 5.24. The second-order valence-corrected chi connectivity index (χ2v) is 10.3. The van der Waals surface area contributed by atoms with Crippen molar-refractivity contribution < 1.29 is 22.7 Å². The predicted molar refractivity (Wildman–Crippen MR) is 122 cm³/mol. The number of likely N-dealkylation sites (N-methyl/N-ethyl adjacent to an activating group) is 1. The maximum Gasteiger partial charge on any atom is 0.225 e. The number of para-hydroxylation sites is 2. The number of rotatable bonds is 7. The minimum Gasteiger partial charge on any atom is -0.486 e. The highest BCUT2D eigenvalue weighted by molar-refractivity contribution is 7.88. The molecule has 8 heteroatoms. The van der Waals surface area contributed by atoms with Crippen LogP contribution in [0.3, 0.4) is 0 Å². The lowest BCUT2D eigenvalue weighted by atomic mass is 9.96. The Morgan fingerprint density at radius 2 is 1.69 bits per heavy atom. The summed E-state index contributed by atoms with van der Waals surface area (Å²) in [5.74, 6) is 1.31. The predicted octanol–water partition coefficient (Wildman–Crippen LogP) is 2.92. The van der Waals surface area contributed by atoms with Crippen molar-refractivity contribution in [2.75, 3.05) is 32.8 Å². The van der Waals surface area contributed by atoms with Gasteiger partial charge in [-0.1, -0.05) is 42.5 Å². The first-order chi connectivity index (χ1) is 15.5. The van der Waals surface area contributed by atoms with Crippen LogP contribution in [0, 0.1) is 5.92 Å². The summed E-state index contributed by atoms with van der Waals surface area (Å²) >= 11 is 0. The second kappa shape index (κ2) is 9.92. The van der Waals surface area contributed by atoms with Gasteiger partial charge in [-0.05, 0) is 37.5 Å². The summed E-state index contributed by atoms with van der Waals surface area (Å²) in [6.45, 7) is 4.13. The summed E-state index contributed by atoms with van der Waals surface area (Å²) in [4.78, 5) is 15.0. The van der Waals surface area contributed by atoms with Crippen LogP contribution in [0.2, 0.25) is 0 Å². The number of fused-ring (bicyclic) bond motifs is 1. The molecule has 2 aliphatic heterocycles. The Bertz CT molecular complexity index is 1020. The van der Waals surface area contributed by atoms with Gasteiger partial charge in [-0.2, -0.15) is 0 Å². The van der Waals surface area contributed by atoms with Gasteiger partial charge in [-0.15, -0.1) is 0 Å². The number of benzene rings is 2. The SMILES string of the molecule is CCN(CC1COc2ccccc2O1)C(=O)C1CCN(S(=O)(=O)Cc2ccccc2)CC1. The van der Waals surface area contributed by atoms with E-state index in [1.807, 2.05) is 61.5 Å². The number of piperidine rings is 1. The van der Waals surface area contributed by atoms with Gasteiger partial charge in [0.2, 0.25) is 15.9 Å². The molecule has 2 aliphatic rings. The molecule has 1 unspecified atom stereocenters. The van der Waals surface area contributed by atoms with Crippen LogP contribution in [-0.2, 0) is 20.6 Å². The highest BCUT2D eigenvalue weighted by Crippen LogP contribution is 2.31. The fourth-order valence-electron chi connectivity index (χ4n) is 4.29. The van der Waals surface area contributed by atoms with Gasteiger partial charge in [0.1, 0.15) is 6.61 Å². The van der Waals surface area contributed by atoms with E-state index in [9.17, 15) is 13.2 Å². The van der Waals surface area contributed by atoms with Crippen molar-refractivity contribution in [1.29, 1.82) is 0 Å². The third-order valence-corrected chi connectivity index (χ3v) is 7.92. The molecule has 1 saturated heterocycles. The molecule has 2 aromatic carbocycles. The van der Waals surface area contributed by atoms with E-state index in [1.54, 1.807) is 4.90 Å². The molecular weight excluding hydrogens is 428 g/mol. The number of carbonyl (C=O) groups is 1. The number of sulfonamides is 1. The first-order valence-corrected chi connectivity index (χ1v) is 12.8. The summed E-state index contributed by atoms with van der Waals surface area (Å²) in [7, 11) is -3.39. The van der Waals surface area contributed by atoms with Crippen molar-refractivity contribution >= 4 is 15.9 Å². The zero-order valence-corrected chi connectivity index (χ0v) is 19.2. The second-order valence-electron chi connectivity index (χ2n) is 8.29. The molecule has 0 aromatic heterocycles. The molecule has 2 heterocycles. The number of hydrogen-bond donors (Lipinski definition) is 0. The van der Waals surface area contributed by atoms with Gasteiger partial charge in [0.05, 0.1) is 12.3 Å². The standard InChI is InChI=1S/C24H30N2O5S/c1-2-25(16-21-17-30-22-10-6-7-11-23(22)31-21)24(27)20-12-14-26(15-13-20)32(28,29)18-19-8-4-3-5-9-19/h3-11,20-21H,2,12-18H2,1H3. The topological polar surface area (TPSA) is 76.2 Å². The van der Waals surface area contributed by atoms with Crippen molar-refractivity contribution in [3.8, 4) is 11.5 Å². The molecule has 4 rings (SSSR count). The number of carbonyl (C=O) groups excluding carboxylic acids is 1. The van der Waals surface area contributed by atoms with E-state index >= 15 is 0 Å². The molecule has 1 fully saturated rings. The Hall–Kier alpha value is -2.58. The lowest BCUT2D eigenvalue weighted by Crippen LogP contribution is -2.48. The fraction of sp³-hybridized carbons (Fsp3) is 0.458. The van der Waals surface area contributed by atoms with E-state index in [4.69, 9.17) is 9.47 Å². The number of amides is 1. The Morgan fingerprint density at radius 3 is 2.38 bits per heavy atom. The highest BCUT2D eigenvalue weighted by Gasteiger charge is 2.34. The average Bonchev–Trinajstić information content (AvgIpc) is 2.82. The molecule has 1 atom stereocenters. The molecule has 7 nitrogen and oxygen atoms in total. The molecule has 0 saturated carbocycles. The van der Waals surface area contributed by atoms with E-state index < -0.39 is 10.0 Å².